The molecule has 0 aliphatic heterocycles. The molecule has 8 heteroatoms. The summed E-state index contributed by atoms with van der Waals surface area (Å²) in [4.78, 5) is 11.6. The molecule has 2 aromatic carbocycles. The molecule has 0 saturated heterocycles. The van der Waals surface area contributed by atoms with Crippen LogP contribution < -0.4 is 9.46 Å². The van der Waals surface area contributed by atoms with Gasteiger partial charge in [-0.25, -0.2) is 13.2 Å². The van der Waals surface area contributed by atoms with E-state index in [2.05, 4.69) is 9.46 Å². The molecule has 0 spiro atoms. The zero-order valence-corrected chi connectivity index (χ0v) is 14.9. The molecule has 0 aromatic heterocycles. The van der Waals surface area contributed by atoms with Crippen molar-refractivity contribution in [3.63, 3.8) is 0 Å². The molecule has 1 N–H and O–H groups in total. The Hall–Kier alpha value is -2.25. The lowest BCUT2D eigenvalue weighted by Crippen LogP contribution is -2.18. The molecule has 0 radical (unpaired) electrons. The van der Waals surface area contributed by atoms with Crippen molar-refractivity contribution in [3.05, 3.63) is 52.5 Å². The Morgan fingerprint density at radius 3 is 2.46 bits per heavy atom. The van der Waals surface area contributed by atoms with E-state index < -0.39 is 16.0 Å². The second-order valence-corrected chi connectivity index (χ2v) is 6.95. The summed E-state index contributed by atoms with van der Waals surface area (Å²) in [5, 5.41) is 0.449. The van der Waals surface area contributed by atoms with Crippen molar-refractivity contribution in [2.75, 3.05) is 18.9 Å². The van der Waals surface area contributed by atoms with Gasteiger partial charge in [-0.15, -0.1) is 0 Å². The number of sulfonamides is 1. The van der Waals surface area contributed by atoms with Crippen molar-refractivity contribution in [3.8, 4) is 5.75 Å². The van der Waals surface area contributed by atoms with Crippen molar-refractivity contribution in [2.24, 2.45) is 0 Å². The lowest BCUT2D eigenvalue weighted by Gasteiger charge is -2.15. The zero-order chi connectivity index (χ0) is 17.9. The molecule has 0 unspecified atom stereocenters. The molecule has 2 rings (SSSR count). The van der Waals surface area contributed by atoms with Gasteiger partial charge in [0.15, 0.2) is 0 Å². The number of hydrogen-bond donors (Lipinski definition) is 1. The van der Waals surface area contributed by atoms with Crippen LogP contribution in [0.5, 0.6) is 5.75 Å². The molecule has 24 heavy (non-hydrogen) atoms. The number of benzene rings is 2. The number of halogens is 1. The first kappa shape index (κ1) is 18.1. The summed E-state index contributed by atoms with van der Waals surface area (Å²) in [6, 6.07) is 8.85. The average molecular weight is 370 g/mol. The van der Waals surface area contributed by atoms with Gasteiger partial charge in [0, 0.05) is 11.1 Å². The average Bonchev–Trinajstić information content (AvgIpc) is 2.57. The summed E-state index contributed by atoms with van der Waals surface area (Å²) in [5.74, 6) is -0.472. The van der Waals surface area contributed by atoms with Gasteiger partial charge in [0.25, 0.3) is 10.0 Å². The first-order chi connectivity index (χ1) is 11.3. The van der Waals surface area contributed by atoms with Crippen molar-refractivity contribution in [1.29, 1.82) is 0 Å². The molecule has 6 nitrogen and oxygen atoms in total. The van der Waals surface area contributed by atoms with E-state index in [4.69, 9.17) is 16.3 Å². The molecule has 0 bridgehead atoms. The van der Waals surface area contributed by atoms with Crippen LogP contribution in [0.3, 0.4) is 0 Å². The number of hydrogen-bond acceptors (Lipinski definition) is 5. The van der Waals surface area contributed by atoms with Crippen molar-refractivity contribution in [1.82, 2.24) is 0 Å². The fraction of sp³-hybridized carbons (Fsp3) is 0.188. The minimum Gasteiger partial charge on any atom is -0.495 e. The molecule has 128 valence electrons. The highest BCUT2D eigenvalue weighted by atomic mass is 35.5. The summed E-state index contributed by atoms with van der Waals surface area (Å²) in [7, 11) is -1.45. The highest BCUT2D eigenvalue weighted by molar-refractivity contribution is 7.92. The summed E-state index contributed by atoms with van der Waals surface area (Å²) in [6.45, 7) is 1.74. The van der Waals surface area contributed by atoms with Crippen LogP contribution in [0.4, 0.5) is 5.69 Å². The second kappa shape index (κ2) is 7.11. The van der Waals surface area contributed by atoms with E-state index >= 15 is 0 Å². The Balaban J connectivity index is 2.51. The van der Waals surface area contributed by atoms with Crippen LogP contribution in [0.1, 0.15) is 15.9 Å². The predicted octanol–water partition coefficient (Wildman–Crippen LogP) is 3.24. The topological polar surface area (TPSA) is 81.7 Å². The maximum absolute atomic E-state index is 12.7. The molecular formula is C16H16ClNO5S. The van der Waals surface area contributed by atoms with Gasteiger partial charge in [0.05, 0.1) is 25.5 Å². The molecule has 0 fully saturated rings. The standard InChI is InChI=1S/C16H16ClNO5S/c1-10-8-13(14(22-2)9-12(10)17)18-24(20,21)15-7-5-4-6-11(15)16(19)23-3/h4-9,18H,1-3H3. The van der Waals surface area contributed by atoms with Gasteiger partial charge in [0.2, 0.25) is 0 Å². The lowest BCUT2D eigenvalue weighted by molar-refractivity contribution is 0.0596. The van der Waals surface area contributed by atoms with Crippen molar-refractivity contribution >= 4 is 33.3 Å². The van der Waals surface area contributed by atoms with E-state index in [1.807, 2.05) is 0 Å². The van der Waals surface area contributed by atoms with E-state index in [0.29, 0.717) is 10.6 Å². The molecule has 0 aliphatic rings. The molecule has 0 heterocycles. The summed E-state index contributed by atoms with van der Waals surface area (Å²) >= 11 is 6.02. The number of ether oxygens (including phenoxy) is 2. The number of esters is 1. The van der Waals surface area contributed by atoms with Crippen LogP contribution in [-0.2, 0) is 14.8 Å². The van der Waals surface area contributed by atoms with E-state index in [9.17, 15) is 13.2 Å². The van der Waals surface area contributed by atoms with Gasteiger partial charge in [-0.05, 0) is 30.7 Å². The Morgan fingerprint density at radius 2 is 1.83 bits per heavy atom. The number of carbonyl (C=O) groups excluding carboxylic acids is 1. The lowest BCUT2D eigenvalue weighted by atomic mass is 10.2. The maximum atomic E-state index is 12.7. The minimum atomic E-state index is -4.04. The highest BCUT2D eigenvalue weighted by Gasteiger charge is 2.24. The largest absolute Gasteiger partial charge is 0.495 e. The van der Waals surface area contributed by atoms with E-state index in [1.54, 1.807) is 19.1 Å². The first-order valence-electron chi connectivity index (χ1n) is 6.84. The summed E-state index contributed by atoms with van der Waals surface area (Å²) < 4.78 is 37.6. The number of rotatable bonds is 5. The molecule has 0 atom stereocenters. The fourth-order valence-electron chi connectivity index (χ4n) is 2.09. The fourth-order valence-corrected chi connectivity index (χ4v) is 3.50. The Kier molecular flexibility index (Phi) is 5.36. The van der Waals surface area contributed by atoms with Crippen molar-refractivity contribution < 1.29 is 22.7 Å². The zero-order valence-electron chi connectivity index (χ0n) is 13.3. The van der Waals surface area contributed by atoms with E-state index in [-0.39, 0.29) is 21.9 Å². The Bertz CT molecular complexity index is 880. The third kappa shape index (κ3) is 3.63. The van der Waals surface area contributed by atoms with Gasteiger partial charge in [0.1, 0.15) is 10.6 Å². The van der Waals surface area contributed by atoms with Gasteiger partial charge >= 0.3 is 5.97 Å². The van der Waals surface area contributed by atoms with Crippen LogP contribution in [0.15, 0.2) is 41.3 Å². The van der Waals surface area contributed by atoms with Crippen molar-refractivity contribution in [2.45, 2.75) is 11.8 Å². The van der Waals surface area contributed by atoms with Crippen LogP contribution in [-0.4, -0.2) is 28.6 Å². The Morgan fingerprint density at radius 1 is 1.17 bits per heavy atom. The number of aryl methyl sites for hydroxylation is 1. The summed E-state index contributed by atoms with van der Waals surface area (Å²) in [5.41, 5.74) is 0.840. The van der Waals surface area contributed by atoms with Crippen LogP contribution in [0.2, 0.25) is 5.02 Å². The van der Waals surface area contributed by atoms with Gasteiger partial charge in [-0.3, -0.25) is 4.72 Å². The summed E-state index contributed by atoms with van der Waals surface area (Å²) in [6.07, 6.45) is 0. The predicted molar refractivity (Wildman–Crippen MR) is 91.3 cm³/mol. The number of nitrogens with one attached hydrogen (secondary N) is 1. The smallest absolute Gasteiger partial charge is 0.339 e. The third-order valence-corrected chi connectivity index (χ3v) is 5.14. The van der Waals surface area contributed by atoms with Crippen LogP contribution >= 0.6 is 11.6 Å². The molecule has 0 saturated carbocycles. The molecule has 0 amide bonds. The van der Waals surface area contributed by atoms with Gasteiger partial charge < -0.3 is 9.47 Å². The highest BCUT2D eigenvalue weighted by Crippen LogP contribution is 2.33. The maximum Gasteiger partial charge on any atom is 0.339 e. The Labute approximate surface area is 145 Å². The van der Waals surface area contributed by atoms with Gasteiger partial charge in [-0.2, -0.15) is 0 Å². The SMILES string of the molecule is COC(=O)c1ccccc1S(=O)(=O)Nc1cc(C)c(Cl)cc1OC. The van der Waals surface area contributed by atoms with E-state index in [0.717, 1.165) is 0 Å². The monoisotopic (exact) mass is 369 g/mol. The third-order valence-electron chi connectivity index (χ3n) is 3.31. The number of anilines is 1. The quantitative estimate of drug-likeness (QED) is 0.818. The molecule has 2 aromatic rings. The van der Waals surface area contributed by atoms with Gasteiger partial charge in [-0.1, -0.05) is 23.7 Å². The normalized spacial score (nSPS) is 11.0. The van der Waals surface area contributed by atoms with E-state index in [1.165, 1.54) is 38.5 Å². The number of methoxy groups -OCH3 is 2. The molecular weight excluding hydrogens is 354 g/mol. The van der Waals surface area contributed by atoms with Crippen LogP contribution in [0, 0.1) is 6.92 Å². The molecule has 0 aliphatic carbocycles. The van der Waals surface area contributed by atoms with Crippen LogP contribution in [0.25, 0.3) is 0 Å². The number of carbonyl (C=O) groups is 1. The minimum absolute atomic E-state index is 0.0582. The first-order valence-corrected chi connectivity index (χ1v) is 8.70. The second-order valence-electron chi connectivity index (χ2n) is 4.89.